The molecule has 0 spiro atoms. The number of ether oxygens (including phenoxy) is 3. The van der Waals surface area contributed by atoms with Crippen LogP contribution in [0.1, 0.15) is 91.4 Å². The maximum Gasteiger partial charge on any atom is 0.419 e. The van der Waals surface area contributed by atoms with Crippen molar-refractivity contribution in [2.75, 3.05) is 26.2 Å². The quantitative estimate of drug-likeness (QED) is 0.128. The number of hydrogen-bond donors (Lipinski definition) is 0. The Morgan fingerprint density at radius 3 is 1.97 bits per heavy atom. The van der Waals surface area contributed by atoms with Crippen LogP contribution in [0.5, 0.6) is 5.19 Å². The molecule has 338 valence electrons. The zero-order valence-electron chi connectivity index (χ0n) is 37.8. The number of thiazole rings is 1. The van der Waals surface area contributed by atoms with E-state index in [2.05, 4.69) is 4.98 Å². The minimum absolute atomic E-state index is 0.0633. The van der Waals surface area contributed by atoms with Crippen molar-refractivity contribution in [2.45, 2.75) is 122 Å². The van der Waals surface area contributed by atoms with E-state index in [4.69, 9.17) is 18.6 Å². The predicted molar refractivity (Wildman–Crippen MR) is 243 cm³/mol. The first-order valence-electron chi connectivity index (χ1n) is 21.5. The van der Waals surface area contributed by atoms with Crippen LogP contribution in [0, 0.1) is 0 Å². The van der Waals surface area contributed by atoms with Gasteiger partial charge in [0, 0.05) is 17.6 Å². The number of likely N-dealkylation sites (tertiary alicyclic amines) is 1. The molecule has 0 radical (unpaired) electrons. The fourth-order valence-electron chi connectivity index (χ4n) is 8.89. The van der Waals surface area contributed by atoms with Crippen molar-refractivity contribution in [2.24, 2.45) is 0 Å². The molecule has 0 N–H and O–H groups in total. The molecule has 1 fully saturated rings. The van der Waals surface area contributed by atoms with E-state index in [1.807, 2.05) is 113 Å². The van der Waals surface area contributed by atoms with E-state index in [-0.39, 0.29) is 18.3 Å². The summed E-state index contributed by atoms with van der Waals surface area (Å²) in [6.45, 7) is 16.7. The summed E-state index contributed by atoms with van der Waals surface area (Å²) in [5, 5.41) is 2.16. The number of fused-ring (bicyclic) bond motifs is 3. The third-order valence-electron chi connectivity index (χ3n) is 11.5. The Hall–Kier alpha value is -4.70. The lowest BCUT2D eigenvalue weighted by Crippen LogP contribution is -2.67. The number of rotatable bonds is 10. The number of amides is 1. The van der Waals surface area contributed by atoms with Gasteiger partial charge in [-0.25, -0.2) is 32.3 Å². The second kappa shape index (κ2) is 17.4. The highest BCUT2D eigenvalue weighted by molar-refractivity contribution is 7.13. The van der Waals surface area contributed by atoms with Gasteiger partial charge in [0.15, 0.2) is 12.3 Å². The highest BCUT2D eigenvalue weighted by Crippen LogP contribution is 2.47. The van der Waals surface area contributed by atoms with E-state index in [9.17, 15) is 9.59 Å². The molecule has 5 aromatic rings. The Bertz CT molecular complexity index is 2370. The van der Waals surface area contributed by atoms with Gasteiger partial charge in [0.2, 0.25) is 0 Å². The smallest absolute Gasteiger partial charge is 0.419 e. The van der Waals surface area contributed by atoms with Crippen LogP contribution < -0.4 is 15.1 Å². The molecule has 63 heavy (non-hydrogen) atoms. The molecule has 4 atom stereocenters. The van der Waals surface area contributed by atoms with Gasteiger partial charge < -0.3 is 23.5 Å². The van der Waals surface area contributed by atoms with Crippen LogP contribution in [0.25, 0.3) is 10.9 Å². The summed E-state index contributed by atoms with van der Waals surface area (Å²) in [6, 6.07) is 25.5. The van der Waals surface area contributed by atoms with Gasteiger partial charge in [-0.3, -0.25) is 4.90 Å². The molecule has 2 aliphatic rings. The third-order valence-corrected chi connectivity index (χ3v) is 17.4. The van der Waals surface area contributed by atoms with Gasteiger partial charge in [0.1, 0.15) is 11.2 Å². The van der Waals surface area contributed by atoms with E-state index in [1.165, 1.54) is 9.47 Å². The molecule has 0 aliphatic carbocycles. The number of hydrogen-bond acceptors (Lipinski definition) is 9. The maximum atomic E-state index is 17.2. The number of alkyl halides is 3. The lowest BCUT2D eigenvalue weighted by atomic mass is 9.91. The van der Waals surface area contributed by atoms with Gasteiger partial charge in [0.05, 0.1) is 48.4 Å². The van der Waals surface area contributed by atoms with Crippen LogP contribution in [0.4, 0.5) is 22.8 Å². The molecule has 7 rings (SSSR count). The average Bonchev–Trinajstić information content (AvgIpc) is 3.90. The minimum atomic E-state index is -3.39. The molecule has 2 aliphatic heterocycles. The Labute approximate surface area is 373 Å². The summed E-state index contributed by atoms with van der Waals surface area (Å²) in [5.74, 6) is -3.39. The average molecular weight is 905 g/mol. The normalized spacial score (nSPS) is 20.2. The Morgan fingerprint density at radius 2 is 1.38 bits per heavy atom. The summed E-state index contributed by atoms with van der Waals surface area (Å²) in [7, 11) is -3.35. The fraction of sp³-hybridized carbons (Fsp3) is 0.479. The summed E-state index contributed by atoms with van der Waals surface area (Å²) in [5.41, 5.74) is 0.288. The summed E-state index contributed by atoms with van der Waals surface area (Å²) >= 11 is 1.09. The van der Waals surface area contributed by atoms with Crippen LogP contribution in [0.3, 0.4) is 0 Å². The topological polar surface area (TPSA) is 95.4 Å². The zero-order chi connectivity index (χ0) is 45.7. The van der Waals surface area contributed by atoms with Gasteiger partial charge in [0.25, 0.3) is 19.4 Å². The number of benzene rings is 3. The molecule has 3 aromatic carbocycles. The Balaban J connectivity index is 1.28. The van der Waals surface area contributed by atoms with E-state index >= 15 is 13.2 Å². The van der Waals surface area contributed by atoms with E-state index in [0.29, 0.717) is 22.5 Å². The van der Waals surface area contributed by atoms with E-state index in [1.54, 1.807) is 52.6 Å². The lowest BCUT2D eigenvalue weighted by Gasteiger charge is -2.45. The number of para-hydroxylation sites is 1. The molecular formula is C48H59F3N4O6SSi. The first kappa shape index (κ1) is 46.3. The van der Waals surface area contributed by atoms with Crippen molar-refractivity contribution in [1.29, 1.82) is 0 Å². The van der Waals surface area contributed by atoms with Gasteiger partial charge in [-0.15, -0.1) is 0 Å². The second-order valence-electron chi connectivity index (χ2n) is 19.7. The predicted octanol–water partition coefficient (Wildman–Crippen LogP) is 9.77. The molecule has 10 nitrogen and oxygen atoms in total. The van der Waals surface area contributed by atoms with Crippen molar-refractivity contribution < 1.29 is 41.4 Å². The van der Waals surface area contributed by atoms with E-state index < -0.39 is 80.2 Å². The molecule has 0 saturated carbocycles. The van der Waals surface area contributed by atoms with E-state index in [0.717, 1.165) is 32.7 Å². The second-order valence-corrected chi connectivity index (χ2v) is 25.0. The molecule has 1 saturated heterocycles. The first-order chi connectivity index (χ1) is 29.5. The van der Waals surface area contributed by atoms with Crippen LogP contribution in [0.2, 0.25) is 5.04 Å². The SMILES string of the molecule is C[C@@H]1Cc2c(n(C(=O)OC(C)(C)C)c3ccccc23)[C@@H](c2cnc(O[C@H]3CN(C(=O)OC(C)(C)C)C[C@H]3F)s2)N1CC(F)(F)CO[Si](c1ccccc1)(c1ccccc1)C(C)(C)C. The minimum Gasteiger partial charge on any atom is -0.462 e. The van der Waals surface area contributed by atoms with Crippen molar-refractivity contribution in [3.8, 4) is 5.19 Å². The number of carbonyl (C=O) groups excluding carboxylic acids is 2. The van der Waals surface area contributed by atoms with Crippen LogP contribution in [0.15, 0.2) is 91.1 Å². The monoisotopic (exact) mass is 904 g/mol. The maximum absolute atomic E-state index is 17.2. The fourth-order valence-corrected chi connectivity index (χ4v) is 14.4. The van der Waals surface area contributed by atoms with Gasteiger partial charge in [-0.2, -0.15) is 0 Å². The van der Waals surface area contributed by atoms with Crippen LogP contribution in [-0.2, 0) is 20.3 Å². The summed E-state index contributed by atoms with van der Waals surface area (Å²) in [6.07, 6.45) is -1.94. The van der Waals surface area contributed by atoms with Crippen LogP contribution in [-0.4, -0.2) is 102 Å². The number of carbonyl (C=O) groups is 2. The largest absolute Gasteiger partial charge is 0.462 e. The van der Waals surface area contributed by atoms with Gasteiger partial charge in [-0.05, 0) is 81.9 Å². The zero-order valence-corrected chi connectivity index (χ0v) is 39.6. The number of halogens is 3. The standard InChI is InChI=1S/C48H59F3N4O6SSi/c1-31-25-35-34-23-17-18-24-37(34)55(44(57)61-46(5,6)7)40(35)41(39-26-52-42(62-39)59-38-28-53(27-36(38)49)43(56)60-45(2,3)4)54(31)29-48(50,51)30-58-63(47(8,9)10,32-19-13-11-14-20-32)33-21-15-12-16-22-33/h11-24,26,31,36,38,41H,25,27-30H2,1-10H3/t31-,36-,38+,41-/m1/s1. The highest BCUT2D eigenvalue weighted by atomic mass is 32.1. The van der Waals surface area contributed by atoms with Crippen molar-refractivity contribution >= 4 is 53.1 Å². The molecule has 1 amide bonds. The van der Waals surface area contributed by atoms with Gasteiger partial charge in [-0.1, -0.05) is 111 Å². The third kappa shape index (κ3) is 9.71. The Morgan fingerprint density at radius 1 is 0.810 bits per heavy atom. The molecule has 15 heteroatoms. The Kier molecular flexibility index (Phi) is 12.8. The molecule has 2 aromatic heterocycles. The van der Waals surface area contributed by atoms with Crippen molar-refractivity contribution in [3.63, 3.8) is 0 Å². The molecular weight excluding hydrogens is 846 g/mol. The summed E-state index contributed by atoms with van der Waals surface area (Å²) in [4.78, 5) is 35.1. The van der Waals surface area contributed by atoms with Crippen molar-refractivity contribution in [3.05, 3.63) is 107 Å². The highest BCUT2D eigenvalue weighted by Gasteiger charge is 2.53. The first-order valence-corrected chi connectivity index (χ1v) is 24.2. The lowest BCUT2D eigenvalue weighted by molar-refractivity contribution is -0.0820. The number of aromatic nitrogens is 2. The van der Waals surface area contributed by atoms with Crippen LogP contribution >= 0.6 is 11.3 Å². The number of nitrogens with zero attached hydrogens (tertiary/aromatic N) is 4. The molecule has 0 bridgehead atoms. The molecule has 4 heterocycles. The molecule has 0 unspecified atom stereocenters. The van der Waals surface area contributed by atoms with Gasteiger partial charge >= 0.3 is 12.2 Å². The summed E-state index contributed by atoms with van der Waals surface area (Å²) < 4.78 is 75.8. The van der Waals surface area contributed by atoms with Crippen molar-refractivity contribution in [1.82, 2.24) is 19.4 Å².